The lowest BCUT2D eigenvalue weighted by atomic mass is 10.2. The molecule has 0 amide bonds. The van der Waals surface area contributed by atoms with Crippen LogP contribution in [0.1, 0.15) is 11.1 Å². The molecule has 2 nitrogen and oxygen atoms in total. The second kappa shape index (κ2) is 6.17. The molecule has 0 saturated heterocycles. The van der Waals surface area contributed by atoms with Gasteiger partial charge in [0.25, 0.3) is 0 Å². The third-order valence-corrected chi connectivity index (χ3v) is 4.60. The van der Waals surface area contributed by atoms with Crippen LogP contribution in [-0.4, -0.2) is 4.98 Å². The van der Waals surface area contributed by atoms with Crippen LogP contribution in [0, 0.1) is 11.3 Å². The van der Waals surface area contributed by atoms with Crippen molar-refractivity contribution in [3.63, 3.8) is 0 Å². The van der Waals surface area contributed by atoms with Crippen molar-refractivity contribution in [1.29, 1.82) is 5.26 Å². The molecule has 0 bridgehead atoms. The van der Waals surface area contributed by atoms with E-state index in [2.05, 4.69) is 11.1 Å². The van der Waals surface area contributed by atoms with Gasteiger partial charge in [0.05, 0.1) is 11.1 Å². The number of aromatic nitrogens is 1. The van der Waals surface area contributed by atoms with E-state index in [0.29, 0.717) is 5.56 Å². The van der Waals surface area contributed by atoms with Gasteiger partial charge in [0.2, 0.25) is 0 Å². The van der Waals surface area contributed by atoms with Gasteiger partial charge in [0.15, 0.2) is 0 Å². The van der Waals surface area contributed by atoms with E-state index in [4.69, 9.17) is 11.6 Å². The molecule has 0 aliphatic heterocycles. The maximum absolute atomic E-state index is 9.29. The summed E-state index contributed by atoms with van der Waals surface area (Å²) in [6.45, 7) is 0. The first-order chi connectivity index (χ1) is 10.3. The van der Waals surface area contributed by atoms with Gasteiger partial charge in [-0.05, 0) is 23.8 Å². The monoisotopic (exact) mass is 310 g/mol. The van der Waals surface area contributed by atoms with Crippen LogP contribution >= 0.6 is 23.4 Å². The molecule has 3 aromatic rings. The molecule has 3 rings (SSSR count). The zero-order valence-electron chi connectivity index (χ0n) is 11.1. The van der Waals surface area contributed by atoms with Crippen LogP contribution in [0.5, 0.6) is 0 Å². The quantitative estimate of drug-likeness (QED) is 0.635. The first-order valence-corrected chi connectivity index (χ1v) is 7.79. The molecule has 102 valence electrons. The zero-order chi connectivity index (χ0) is 14.7. The second-order valence-electron chi connectivity index (χ2n) is 4.55. The molecule has 1 heterocycles. The average molecular weight is 311 g/mol. The van der Waals surface area contributed by atoms with E-state index in [1.165, 1.54) is 5.56 Å². The van der Waals surface area contributed by atoms with Crippen molar-refractivity contribution < 1.29 is 0 Å². The number of hydrogen-bond acceptors (Lipinski definition) is 3. The lowest BCUT2D eigenvalue weighted by molar-refractivity contribution is 1.29. The number of para-hydroxylation sites is 1. The largest absolute Gasteiger partial charge is 0.255 e. The van der Waals surface area contributed by atoms with Crippen molar-refractivity contribution in [2.45, 2.75) is 10.6 Å². The summed E-state index contributed by atoms with van der Waals surface area (Å²) in [6.07, 6.45) is 1.65. The van der Waals surface area contributed by atoms with Crippen LogP contribution in [0.4, 0.5) is 0 Å². The molecule has 0 saturated carbocycles. The topological polar surface area (TPSA) is 36.7 Å². The molecular weight excluding hydrogens is 300 g/mol. The molecule has 0 N–H and O–H groups in total. The Morgan fingerprint density at radius 2 is 1.86 bits per heavy atom. The lowest BCUT2D eigenvalue weighted by Gasteiger charge is -2.08. The number of fused-ring (bicyclic) bond motifs is 1. The SMILES string of the molecule is N#Cc1cnc2ccccc2c1SCc1ccc(Cl)cc1. The highest BCUT2D eigenvalue weighted by Gasteiger charge is 2.09. The van der Waals surface area contributed by atoms with Crippen molar-refractivity contribution >= 4 is 34.3 Å². The van der Waals surface area contributed by atoms with Crippen molar-refractivity contribution in [1.82, 2.24) is 4.98 Å². The summed E-state index contributed by atoms with van der Waals surface area (Å²) in [5.74, 6) is 0.792. The molecule has 0 aliphatic carbocycles. The Labute approximate surface area is 132 Å². The number of pyridine rings is 1. The Hall–Kier alpha value is -2.02. The van der Waals surface area contributed by atoms with Crippen LogP contribution in [-0.2, 0) is 5.75 Å². The average Bonchev–Trinajstić information content (AvgIpc) is 2.54. The van der Waals surface area contributed by atoms with Crippen LogP contribution in [0.3, 0.4) is 0 Å². The minimum Gasteiger partial charge on any atom is -0.255 e. The van der Waals surface area contributed by atoms with Gasteiger partial charge in [-0.15, -0.1) is 11.8 Å². The summed E-state index contributed by atoms with van der Waals surface area (Å²) in [5.41, 5.74) is 2.71. The molecule has 21 heavy (non-hydrogen) atoms. The van der Waals surface area contributed by atoms with Gasteiger partial charge >= 0.3 is 0 Å². The number of nitriles is 1. The van der Waals surface area contributed by atoms with Gasteiger partial charge in [0.1, 0.15) is 6.07 Å². The van der Waals surface area contributed by atoms with Crippen LogP contribution in [0.2, 0.25) is 5.02 Å². The van der Waals surface area contributed by atoms with E-state index < -0.39 is 0 Å². The van der Waals surface area contributed by atoms with Gasteiger partial charge in [-0.2, -0.15) is 5.26 Å². The molecule has 0 spiro atoms. The van der Waals surface area contributed by atoms with Gasteiger partial charge in [0, 0.05) is 27.3 Å². The third kappa shape index (κ3) is 3.02. The first kappa shape index (κ1) is 13.9. The highest BCUT2D eigenvalue weighted by Crippen LogP contribution is 2.32. The number of nitrogens with zero attached hydrogens (tertiary/aromatic N) is 2. The normalized spacial score (nSPS) is 10.5. The van der Waals surface area contributed by atoms with E-state index in [9.17, 15) is 5.26 Å². The minimum atomic E-state index is 0.618. The molecule has 0 radical (unpaired) electrons. The van der Waals surface area contributed by atoms with E-state index in [1.54, 1.807) is 18.0 Å². The number of halogens is 1. The summed E-state index contributed by atoms with van der Waals surface area (Å²) in [5, 5.41) is 11.0. The fourth-order valence-electron chi connectivity index (χ4n) is 2.09. The number of benzene rings is 2. The van der Waals surface area contributed by atoms with Crippen molar-refractivity contribution in [2.75, 3.05) is 0 Å². The Morgan fingerprint density at radius 1 is 1.10 bits per heavy atom. The molecule has 0 fully saturated rings. The number of rotatable bonds is 3. The maximum atomic E-state index is 9.29. The molecule has 0 atom stereocenters. The summed E-state index contributed by atoms with van der Waals surface area (Å²) in [4.78, 5) is 5.31. The van der Waals surface area contributed by atoms with Crippen molar-refractivity contribution in [3.05, 3.63) is 70.9 Å². The van der Waals surface area contributed by atoms with E-state index >= 15 is 0 Å². The van der Waals surface area contributed by atoms with Crippen molar-refractivity contribution in [2.24, 2.45) is 0 Å². The Morgan fingerprint density at radius 3 is 2.62 bits per heavy atom. The van der Waals surface area contributed by atoms with Crippen LogP contribution in [0.15, 0.2) is 59.6 Å². The smallest absolute Gasteiger partial charge is 0.102 e. The highest BCUT2D eigenvalue weighted by molar-refractivity contribution is 7.98. The van der Waals surface area contributed by atoms with Crippen LogP contribution < -0.4 is 0 Å². The van der Waals surface area contributed by atoms with E-state index in [1.807, 2.05) is 48.5 Å². The highest BCUT2D eigenvalue weighted by atomic mass is 35.5. The number of hydrogen-bond donors (Lipinski definition) is 0. The number of thioether (sulfide) groups is 1. The van der Waals surface area contributed by atoms with Gasteiger partial charge in [-0.3, -0.25) is 4.98 Å². The molecule has 0 aliphatic rings. The Balaban J connectivity index is 1.95. The maximum Gasteiger partial charge on any atom is 0.102 e. The summed E-state index contributed by atoms with van der Waals surface area (Å²) < 4.78 is 0. The summed E-state index contributed by atoms with van der Waals surface area (Å²) in [7, 11) is 0. The van der Waals surface area contributed by atoms with Gasteiger partial charge < -0.3 is 0 Å². The van der Waals surface area contributed by atoms with Gasteiger partial charge in [-0.1, -0.05) is 41.9 Å². The van der Waals surface area contributed by atoms with E-state index in [0.717, 1.165) is 26.6 Å². The third-order valence-electron chi connectivity index (χ3n) is 3.14. The molecule has 1 aromatic heterocycles. The van der Waals surface area contributed by atoms with Crippen molar-refractivity contribution in [3.8, 4) is 6.07 Å². The minimum absolute atomic E-state index is 0.618. The lowest BCUT2D eigenvalue weighted by Crippen LogP contribution is -1.89. The van der Waals surface area contributed by atoms with Crippen LogP contribution in [0.25, 0.3) is 10.9 Å². The van der Waals surface area contributed by atoms with Gasteiger partial charge in [-0.25, -0.2) is 0 Å². The standard InChI is InChI=1S/C17H11ClN2S/c18-14-7-5-12(6-8-14)11-21-17-13(9-19)10-20-16-4-2-1-3-15(16)17/h1-8,10H,11H2. The molecule has 0 unspecified atom stereocenters. The molecule has 2 aromatic carbocycles. The van der Waals surface area contributed by atoms with E-state index in [-0.39, 0.29) is 0 Å². The predicted molar refractivity (Wildman–Crippen MR) is 87.5 cm³/mol. The zero-order valence-corrected chi connectivity index (χ0v) is 12.7. The summed E-state index contributed by atoms with van der Waals surface area (Å²) in [6, 6.07) is 17.9. The first-order valence-electron chi connectivity index (χ1n) is 6.43. The fraction of sp³-hybridized carbons (Fsp3) is 0.0588. The summed E-state index contributed by atoms with van der Waals surface area (Å²) >= 11 is 7.55. The predicted octanol–water partition coefficient (Wildman–Crippen LogP) is 5.05. The second-order valence-corrected chi connectivity index (χ2v) is 5.97. The Bertz CT molecular complexity index is 822. The molecule has 4 heteroatoms. The fourth-order valence-corrected chi connectivity index (χ4v) is 3.30. The Kier molecular flexibility index (Phi) is 4.10. The molecular formula is C17H11ClN2S.